The summed E-state index contributed by atoms with van der Waals surface area (Å²) in [5.74, 6) is 0.125. The molecule has 6 heteroatoms. The van der Waals surface area contributed by atoms with Gasteiger partial charge in [-0.3, -0.25) is 9.59 Å². The van der Waals surface area contributed by atoms with Crippen LogP contribution in [-0.4, -0.2) is 16.1 Å². The van der Waals surface area contributed by atoms with E-state index in [9.17, 15) is 9.59 Å². The monoisotopic (exact) mass is 390 g/mol. The molecule has 3 rings (SSSR count). The molecular weight excluding hydrogens is 376 g/mol. The first-order valence-corrected chi connectivity index (χ1v) is 7.80. The van der Waals surface area contributed by atoms with Crippen LogP contribution in [0, 0.1) is 0 Å². The van der Waals surface area contributed by atoms with E-state index in [1.807, 2.05) is 48.1 Å². The van der Waals surface area contributed by atoms with Gasteiger partial charge >= 0.3 is 0 Å². The lowest BCUT2D eigenvalue weighted by atomic mass is 10.1. The van der Waals surface area contributed by atoms with Crippen molar-refractivity contribution in [1.82, 2.24) is 4.57 Å². The van der Waals surface area contributed by atoms with Crippen molar-refractivity contribution < 1.29 is 31.1 Å². The van der Waals surface area contributed by atoms with Gasteiger partial charge in [0.15, 0.2) is 13.1 Å². The van der Waals surface area contributed by atoms with Gasteiger partial charge in [0.05, 0.1) is 4.88 Å². The Morgan fingerprint density at radius 1 is 1.04 bits per heavy atom. The summed E-state index contributed by atoms with van der Waals surface area (Å²) in [5, 5.41) is 1.89. The van der Waals surface area contributed by atoms with E-state index in [1.54, 1.807) is 27.6 Å². The van der Waals surface area contributed by atoms with Crippen molar-refractivity contribution in [3.8, 4) is 0 Å². The Bertz CT molecular complexity index is 782. The Kier molecular flexibility index (Phi) is 6.01. The second-order valence-electron chi connectivity index (χ2n) is 4.95. The number of carbonyl (C=O) groups is 2. The van der Waals surface area contributed by atoms with E-state index in [-0.39, 0.29) is 41.6 Å². The van der Waals surface area contributed by atoms with Gasteiger partial charge in [0.1, 0.15) is 12.4 Å². The quantitative estimate of drug-likeness (QED) is 0.424. The van der Waals surface area contributed by atoms with Crippen LogP contribution >= 0.6 is 11.3 Å². The van der Waals surface area contributed by atoms with Gasteiger partial charge in [-0.15, -0.1) is 11.3 Å². The SMILES string of the molecule is O=C(C[n+]1ccn(CC(=O)c2cccs2)c1)c1ccccc1.[Br-]. The number of nitrogens with zero attached hydrogens (tertiary/aromatic N) is 2. The fraction of sp³-hybridized carbons (Fsp3) is 0.118. The lowest BCUT2D eigenvalue weighted by molar-refractivity contribution is -0.682. The van der Waals surface area contributed by atoms with Crippen molar-refractivity contribution in [3.63, 3.8) is 0 Å². The average Bonchev–Trinajstić information content (AvgIpc) is 3.20. The Morgan fingerprint density at radius 2 is 1.83 bits per heavy atom. The topological polar surface area (TPSA) is 43.0 Å². The van der Waals surface area contributed by atoms with Crippen LogP contribution < -0.4 is 21.5 Å². The predicted octanol–water partition coefficient (Wildman–Crippen LogP) is -0.393. The van der Waals surface area contributed by atoms with E-state index in [0.717, 1.165) is 4.88 Å². The van der Waals surface area contributed by atoms with Crippen molar-refractivity contribution in [2.24, 2.45) is 0 Å². The molecule has 0 aliphatic rings. The maximum atomic E-state index is 12.1. The number of hydrogen-bond acceptors (Lipinski definition) is 3. The molecule has 0 radical (unpaired) electrons. The minimum absolute atomic E-state index is 0. The summed E-state index contributed by atoms with van der Waals surface area (Å²) in [4.78, 5) is 24.9. The number of Topliss-reactive ketones (excluding diaryl/α,β-unsaturated/α-hetero) is 2. The summed E-state index contributed by atoms with van der Waals surface area (Å²) < 4.78 is 3.58. The predicted molar refractivity (Wildman–Crippen MR) is 84.0 cm³/mol. The summed E-state index contributed by atoms with van der Waals surface area (Å²) in [5.41, 5.74) is 0.692. The third-order valence-corrected chi connectivity index (χ3v) is 4.20. The zero-order chi connectivity index (χ0) is 15.4. The van der Waals surface area contributed by atoms with E-state index < -0.39 is 0 Å². The molecule has 1 aromatic carbocycles. The average molecular weight is 391 g/mol. The minimum atomic E-state index is 0. The minimum Gasteiger partial charge on any atom is -1.00 e. The van der Waals surface area contributed by atoms with Crippen molar-refractivity contribution in [1.29, 1.82) is 0 Å². The first-order valence-electron chi connectivity index (χ1n) is 6.92. The fourth-order valence-corrected chi connectivity index (χ4v) is 2.84. The van der Waals surface area contributed by atoms with E-state index in [2.05, 4.69) is 0 Å². The number of benzene rings is 1. The summed E-state index contributed by atoms with van der Waals surface area (Å²) in [6, 6.07) is 12.9. The van der Waals surface area contributed by atoms with Crippen LogP contribution in [0.3, 0.4) is 0 Å². The molecule has 0 amide bonds. The van der Waals surface area contributed by atoms with Gasteiger partial charge in [-0.2, -0.15) is 0 Å². The third-order valence-electron chi connectivity index (χ3n) is 3.29. The van der Waals surface area contributed by atoms with Crippen LogP contribution in [0.25, 0.3) is 0 Å². The van der Waals surface area contributed by atoms with Crippen molar-refractivity contribution in [2.45, 2.75) is 13.1 Å². The number of aromatic nitrogens is 2. The Hall–Kier alpha value is -2.05. The summed E-state index contributed by atoms with van der Waals surface area (Å²) in [6.45, 7) is 0.553. The van der Waals surface area contributed by atoms with Gasteiger partial charge in [0.25, 0.3) is 0 Å². The highest BCUT2D eigenvalue weighted by molar-refractivity contribution is 7.12. The maximum absolute atomic E-state index is 12.1. The number of rotatable bonds is 6. The zero-order valence-electron chi connectivity index (χ0n) is 12.3. The van der Waals surface area contributed by atoms with E-state index in [0.29, 0.717) is 5.56 Å². The van der Waals surface area contributed by atoms with E-state index >= 15 is 0 Å². The number of carbonyl (C=O) groups excluding carboxylic acids is 2. The molecule has 0 atom stereocenters. The first-order chi connectivity index (χ1) is 10.7. The summed E-state index contributed by atoms with van der Waals surface area (Å²) in [6.07, 6.45) is 5.40. The first kappa shape index (κ1) is 17.3. The highest BCUT2D eigenvalue weighted by Crippen LogP contribution is 2.10. The fourth-order valence-electron chi connectivity index (χ4n) is 2.19. The molecule has 0 aliphatic carbocycles. The smallest absolute Gasteiger partial charge is 0.244 e. The number of thiophene rings is 1. The van der Waals surface area contributed by atoms with Crippen LogP contribution in [-0.2, 0) is 13.1 Å². The molecule has 4 nitrogen and oxygen atoms in total. The highest BCUT2D eigenvalue weighted by Gasteiger charge is 2.14. The second-order valence-corrected chi connectivity index (χ2v) is 5.90. The van der Waals surface area contributed by atoms with Gasteiger partial charge in [-0.05, 0) is 11.4 Å². The third kappa shape index (κ3) is 4.46. The van der Waals surface area contributed by atoms with Crippen LogP contribution in [0.1, 0.15) is 20.0 Å². The largest absolute Gasteiger partial charge is 1.00 e. The lowest BCUT2D eigenvalue weighted by Gasteiger charge is -1.97. The lowest BCUT2D eigenvalue weighted by Crippen LogP contribution is -3.00. The van der Waals surface area contributed by atoms with Crippen LogP contribution in [0.5, 0.6) is 0 Å². The normalized spacial score (nSPS) is 10.1. The standard InChI is InChI=1S/C17H15N2O2S.BrH/c20-15(14-5-2-1-3-6-14)11-18-8-9-19(13-18)12-16(21)17-7-4-10-22-17;/h1-10,13H,11-12H2;1H/q+1;/p-1. The van der Waals surface area contributed by atoms with Crippen LogP contribution in [0.2, 0.25) is 0 Å². The molecule has 0 saturated carbocycles. The van der Waals surface area contributed by atoms with E-state index in [1.165, 1.54) is 11.3 Å². The molecule has 23 heavy (non-hydrogen) atoms. The van der Waals surface area contributed by atoms with Crippen molar-refractivity contribution >= 4 is 22.9 Å². The van der Waals surface area contributed by atoms with Gasteiger partial charge in [0, 0.05) is 5.56 Å². The molecule has 0 fully saturated rings. The molecule has 0 aliphatic heterocycles. The van der Waals surface area contributed by atoms with Gasteiger partial charge in [0.2, 0.25) is 17.9 Å². The van der Waals surface area contributed by atoms with Gasteiger partial charge < -0.3 is 17.0 Å². The molecule has 0 N–H and O–H groups in total. The Labute approximate surface area is 148 Å². The van der Waals surface area contributed by atoms with Gasteiger partial charge in [-0.1, -0.05) is 36.4 Å². The molecule has 0 spiro atoms. The highest BCUT2D eigenvalue weighted by atomic mass is 79.9. The summed E-state index contributed by atoms with van der Waals surface area (Å²) in [7, 11) is 0. The molecule has 118 valence electrons. The zero-order valence-corrected chi connectivity index (χ0v) is 14.7. The Morgan fingerprint density at radius 3 is 2.52 bits per heavy atom. The molecule has 0 saturated heterocycles. The molecule has 0 bridgehead atoms. The van der Waals surface area contributed by atoms with E-state index in [4.69, 9.17) is 0 Å². The number of imidazole rings is 1. The Balaban J connectivity index is 0.00000192. The molecule has 2 aromatic heterocycles. The molecule has 0 unspecified atom stereocenters. The molecule has 3 aromatic rings. The number of halogens is 1. The molecule has 2 heterocycles. The van der Waals surface area contributed by atoms with Crippen molar-refractivity contribution in [2.75, 3.05) is 0 Å². The second kappa shape index (κ2) is 7.99. The summed E-state index contributed by atoms with van der Waals surface area (Å²) >= 11 is 1.44. The van der Waals surface area contributed by atoms with Crippen LogP contribution in [0.15, 0.2) is 66.6 Å². The molecular formula is C17H15BrN2O2S. The van der Waals surface area contributed by atoms with Crippen molar-refractivity contribution in [3.05, 3.63) is 77.0 Å². The van der Waals surface area contributed by atoms with Crippen LogP contribution in [0.4, 0.5) is 0 Å². The maximum Gasteiger partial charge on any atom is 0.244 e. The number of hydrogen-bond donors (Lipinski definition) is 0. The number of ketones is 2. The van der Waals surface area contributed by atoms with Gasteiger partial charge in [-0.25, -0.2) is 9.13 Å².